The second-order valence-electron chi connectivity index (χ2n) is 5.48. The second-order valence-corrected chi connectivity index (χ2v) is 5.89. The summed E-state index contributed by atoms with van der Waals surface area (Å²) in [6.07, 6.45) is 1.34. The van der Waals surface area contributed by atoms with Crippen LogP contribution >= 0.6 is 11.6 Å². The number of hydrogen-bond acceptors (Lipinski definition) is 6. The number of carbonyl (C=O) groups is 1. The zero-order chi connectivity index (χ0) is 18.0. The first kappa shape index (κ1) is 17.3. The van der Waals surface area contributed by atoms with Crippen molar-refractivity contribution < 1.29 is 13.9 Å². The van der Waals surface area contributed by atoms with Crippen molar-refractivity contribution in [1.82, 2.24) is 20.2 Å². The molecule has 0 unspecified atom stereocenters. The number of nitrogens with zero attached hydrogens (tertiary/aromatic N) is 4. The van der Waals surface area contributed by atoms with Crippen molar-refractivity contribution in [2.24, 2.45) is 0 Å². The minimum Gasteiger partial charge on any atom is -0.463 e. The molecule has 9 heteroatoms. The highest BCUT2D eigenvalue weighted by atomic mass is 35.5. The molecule has 0 amide bonds. The average Bonchev–Trinajstić information content (AvgIpc) is 3.05. The summed E-state index contributed by atoms with van der Waals surface area (Å²) in [4.78, 5) is 12.6. The molecule has 2 heterocycles. The summed E-state index contributed by atoms with van der Waals surface area (Å²) in [6.45, 7) is 3.89. The van der Waals surface area contributed by atoms with Gasteiger partial charge in [-0.1, -0.05) is 42.2 Å². The van der Waals surface area contributed by atoms with E-state index in [1.165, 1.54) is 10.7 Å². The molecular formula is C16H17ClFN5O2. The maximum absolute atomic E-state index is 14.7. The fraction of sp³-hybridized carbons (Fsp3) is 0.375. The molecule has 7 nitrogen and oxygen atoms in total. The molecule has 2 aromatic rings. The van der Waals surface area contributed by atoms with Crippen molar-refractivity contribution in [3.05, 3.63) is 45.9 Å². The van der Waals surface area contributed by atoms with Crippen molar-refractivity contribution in [1.29, 1.82) is 0 Å². The molecule has 1 aromatic heterocycles. The summed E-state index contributed by atoms with van der Waals surface area (Å²) in [7, 11) is 0. The van der Waals surface area contributed by atoms with E-state index in [1.807, 2.05) is 6.92 Å². The van der Waals surface area contributed by atoms with Gasteiger partial charge in [-0.25, -0.2) is 9.18 Å². The van der Waals surface area contributed by atoms with Gasteiger partial charge in [0.15, 0.2) is 0 Å². The van der Waals surface area contributed by atoms with Gasteiger partial charge in [-0.2, -0.15) is 4.68 Å². The number of ether oxygens (including phenoxy) is 1. The highest BCUT2D eigenvalue weighted by Crippen LogP contribution is 2.38. The van der Waals surface area contributed by atoms with Crippen LogP contribution in [0, 0.1) is 5.82 Å². The van der Waals surface area contributed by atoms with Gasteiger partial charge >= 0.3 is 5.97 Å². The summed E-state index contributed by atoms with van der Waals surface area (Å²) in [5.74, 6) is -0.819. The molecule has 0 radical (unpaired) electrons. The lowest BCUT2D eigenvalue weighted by molar-refractivity contribution is -0.139. The van der Waals surface area contributed by atoms with Crippen molar-refractivity contribution in [2.75, 3.05) is 11.9 Å². The molecule has 0 fully saturated rings. The normalized spacial score (nSPS) is 16.4. The number of fused-ring (bicyclic) bond motifs is 1. The smallest absolute Gasteiger partial charge is 0.338 e. The van der Waals surface area contributed by atoms with E-state index < -0.39 is 17.8 Å². The summed E-state index contributed by atoms with van der Waals surface area (Å²) < 4.78 is 21.3. The molecule has 0 aliphatic carbocycles. The average molecular weight is 366 g/mol. The Kier molecular flexibility index (Phi) is 4.98. The van der Waals surface area contributed by atoms with Crippen LogP contribution in [0.2, 0.25) is 5.02 Å². The van der Waals surface area contributed by atoms with Gasteiger partial charge in [-0.15, -0.1) is 0 Å². The fourth-order valence-corrected chi connectivity index (χ4v) is 3.03. The van der Waals surface area contributed by atoms with Crippen molar-refractivity contribution in [3.63, 3.8) is 0 Å². The standard InChI is InChI=1S/C16H17ClFN5O2/c1-3-6-11-12(15(24)25-4-2)14(23-16(19-11)20-21-22-23)9-7-5-8-10(17)13(9)18/h5,7-8,14H,3-4,6H2,1-2H3,(H,19,20,22)/t14-/m0/s1. The Morgan fingerprint density at radius 3 is 2.96 bits per heavy atom. The Labute approximate surface area is 148 Å². The Morgan fingerprint density at radius 2 is 2.24 bits per heavy atom. The third-order valence-corrected chi connectivity index (χ3v) is 4.16. The van der Waals surface area contributed by atoms with E-state index in [1.54, 1.807) is 19.1 Å². The number of rotatable bonds is 5. The lowest BCUT2D eigenvalue weighted by Crippen LogP contribution is -2.31. The molecule has 1 aliphatic heterocycles. The Hall–Kier alpha value is -2.48. The van der Waals surface area contributed by atoms with Gasteiger partial charge < -0.3 is 10.1 Å². The fourth-order valence-electron chi connectivity index (χ4n) is 2.85. The predicted molar refractivity (Wildman–Crippen MR) is 89.6 cm³/mol. The highest BCUT2D eigenvalue weighted by molar-refractivity contribution is 6.30. The van der Waals surface area contributed by atoms with E-state index in [0.29, 0.717) is 18.1 Å². The lowest BCUT2D eigenvalue weighted by atomic mass is 9.93. The van der Waals surface area contributed by atoms with Crippen molar-refractivity contribution in [3.8, 4) is 0 Å². The van der Waals surface area contributed by atoms with Crippen LogP contribution in [0.15, 0.2) is 29.5 Å². The largest absolute Gasteiger partial charge is 0.463 e. The van der Waals surface area contributed by atoms with E-state index in [9.17, 15) is 9.18 Å². The maximum atomic E-state index is 14.7. The molecule has 3 rings (SSSR count). The Bertz CT molecular complexity index is 836. The van der Waals surface area contributed by atoms with Crippen molar-refractivity contribution >= 4 is 23.5 Å². The Morgan fingerprint density at radius 1 is 1.44 bits per heavy atom. The third-order valence-electron chi connectivity index (χ3n) is 3.87. The monoisotopic (exact) mass is 365 g/mol. The number of esters is 1. The lowest BCUT2D eigenvalue weighted by Gasteiger charge is -2.28. The number of tetrazole rings is 1. The molecule has 0 bridgehead atoms. The van der Waals surface area contributed by atoms with E-state index in [-0.39, 0.29) is 22.8 Å². The van der Waals surface area contributed by atoms with Crippen LogP contribution in [0.5, 0.6) is 0 Å². The zero-order valence-corrected chi connectivity index (χ0v) is 14.5. The molecular weight excluding hydrogens is 349 g/mol. The Balaban J connectivity index is 2.23. The summed E-state index contributed by atoms with van der Waals surface area (Å²) >= 11 is 5.94. The van der Waals surface area contributed by atoms with Crippen LogP contribution < -0.4 is 5.32 Å². The zero-order valence-electron chi connectivity index (χ0n) is 13.8. The van der Waals surface area contributed by atoms with Crippen molar-refractivity contribution in [2.45, 2.75) is 32.7 Å². The minimum atomic E-state index is -0.856. The summed E-state index contributed by atoms with van der Waals surface area (Å²) in [5, 5.41) is 14.5. The molecule has 1 aromatic carbocycles. The van der Waals surface area contributed by atoms with Crippen LogP contribution in [-0.4, -0.2) is 32.8 Å². The molecule has 1 N–H and O–H groups in total. The SMILES string of the molecule is CCCC1=C(C(=O)OCC)[C@H](c2cccc(Cl)c2F)n2nnnc2N1. The van der Waals surface area contributed by atoms with E-state index in [0.717, 1.165) is 6.42 Å². The van der Waals surface area contributed by atoms with E-state index >= 15 is 0 Å². The van der Waals surface area contributed by atoms with E-state index in [4.69, 9.17) is 16.3 Å². The van der Waals surface area contributed by atoms with Crippen LogP contribution in [0.4, 0.5) is 10.3 Å². The minimum absolute atomic E-state index is 0.0362. The topological polar surface area (TPSA) is 81.9 Å². The first-order valence-electron chi connectivity index (χ1n) is 7.97. The van der Waals surface area contributed by atoms with Crippen LogP contribution in [0.1, 0.15) is 38.3 Å². The molecule has 132 valence electrons. The van der Waals surface area contributed by atoms with Gasteiger partial charge in [0.1, 0.15) is 11.9 Å². The summed E-state index contributed by atoms with van der Waals surface area (Å²) in [5.41, 5.74) is 1.11. The quantitative estimate of drug-likeness (QED) is 0.820. The number of hydrogen-bond donors (Lipinski definition) is 1. The maximum Gasteiger partial charge on any atom is 0.338 e. The van der Waals surface area contributed by atoms with Crippen LogP contribution in [0.25, 0.3) is 0 Å². The van der Waals surface area contributed by atoms with E-state index in [2.05, 4.69) is 20.8 Å². The van der Waals surface area contributed by atoms with Gasteiger partial charge in [0.25, 0.3) is 0 Å². The van der Waals surface area contributed by atoms with Crippen LogP contribution in [-0.2, 0) is 9.53 Å². The molecule has 1 atom stereocenters. The molecule has 0 saturated carbocycles. The first-order valence-corrected chi connectivity index (χ1v) is 8.35. The number of aromatic nitrogens is 4. The number of anilines is 1. The van der Waals surface area contributed by atoms with Gasteiger partial charge in [-0.05, 0) is 29.8 Å². The van der Waals surface area contributed by atoms with Gasteiger partial charge in [-0.3, -0.25) is 0 Å². The highest BCUT2D eigenvalue weighted by Gasteiger charge is 2.37. The second kappa shape index (κ2) is 7.18. The van der Waals surface area contributed by atoms with Crippen LogP contribution in [0.3, 0.4) is 0 Å². The van der Waals surface area contributed by atoms with Gasteiger partial charge in [0, 0.05) is 11.3 Å². The third kappa shape index (κ3) is 3.09. The van der Waals surface area contributed by atoms with Gasteiger partial charge in [0.2, 0.25) is 5.95 Å². The number of allylic oxidation sites excluding steroid dienone is 1. The van der Waals surface area contributed by atoms with Gasteiger partial charge in [0.05, 0.1) is 17.2 Å². The number of benzene rings is 1. The number of halogens is 2. The summed E-state index contributed by atoms with van der Waals surface area (Å²) in [6, 6.07) is 3.77. The number of carbonyl (C=O) groups excluding carboxylic acids is 1. The predicted octanol–water partition coefficient (Wildman–Crippen LogP) is 3.10. The molecule has 0 spiro atoms. The molecule has 0 saturated heterocycles. The number of nitrogens with one attached hydrogen (secondary N) is 1. The molecule has 1 aliphatic rings. The molecule has 25 heavy (non-hydrogen) atoms. The first-order chi connectivity index (χ1) is 12.1.